The summed E-state index contributed by atoms with van der Waals surface area (Å²) in [5.41, 5.74) is 3.16. The summed E-state index contributed by atoms with van der Waals surface area (Å²) in [4.78, 5) is 11.3. The van der Waals surface area contributed by atoms with Crippen molar-refractivity contribution in [3.8, 4) is 5.75 Å². The van der Waals surface area contributed by atoms with Crippen molar-refractivity contribution in [2.75, 3.05) is 14.1 Å². The summed E-state index contributed by atoms with van der Waals surface area (Å²) in [6.45, 7) is 0. The minimum absolute atomic E-state index is 0.0991. The van der Waals surface area contributed by atoms with Gasteiger partial charge in [0, 0.05) is 26.7 Å². The minimum Gasteiger partial charge on any atom is -0.508 e. The SMILES string of the molecule is CN(C)C1=NC(c2ccccn2)c2ccc(O)cc2C1. The van der Waals surface area contributed by atoms with Gasteiger partial charge in [0.1, 0.15) is 17.6 Å². The third kappa shape index (κ3) is 2.25. The molecule has 1 aliphatic rings. The maximum Gasteiger partial charge on any atom is 0.119 e. The average molecular weight is 267 g/mol. The maximum absolute atomic E-state index is 9.70. The lowest BCUT2D eigenvalue weighted by Crippen LogP contribution is -2.28. The Bertz CT molecular complexity index is 650. The first-order valence-corrected chi connectivity index (χ1v) is 6.62. The number of rotatable bonds is 1. The standard InChI is InChI=1S/C16H17N3O/c1-19(2)15-10-11-9-12(20)6-7-13(11)16(18-15)14-5-3-4-8-17-14/h3-9,16,20H,10H2,1-2H3. The number of aliphatic imine (C=N–C) groups is 1. The predicted octanol–water partition coefficient (Wildman–Crippen LogP) is 2.39. The molecule has 1 aliphatic heterocycles. The van der Waals surface area contributed by atoms with Crippen LogP contribution in [0.15, 0.2) is 47.6 Å². The summed E-state index contributed by atoms with van der Waals surface area (Å²) in [7, 11) is 3.98. The molecular weight excluding hydrogens is 250 g/mol. The van der Waals surface area contributed by atoms with Crippen LogP contribution in [0.3, 0.4) is 0 Å². The Kier molecular flexibility index (Phi) is 3.14. The molecule has 1 unspecified atom stereocenters. The van der Waals surface area contributed by atoms with Crippen molar-refractivity contribution < 1.29 is 5.11 Å². The average Bonchev–Trinajstić information content (AvgIpc) is 2.46. The van der Waals surface area contributed by atoms with Crippen LogP contribution >= 0.6 is 0 Å². The Balaban J connectivity index is 2.12. The van der Waals surface area contributed by atoms with Gasteiger partial charge in [0.25, 0.3) is 0 Å². The number of pyridine rings is 1. The molecule has 1 N–H and O–H groups in total. The zero-order valence-corrected chi connectivity index (χ0v) is 11.6. The normalized spacial score (nSPS) is 17.3. The number of nitrogens with zero attached hydrogens (tertiary/aromatic N) is 3. The van der Waals surface area contributed by atoms with Crippen molar-refractivity contribution in [3.05, 3.63) is 59.4 Å². The van der Waals surface area contributed by atoms with E-state index in [1.165, 1.54) is 0 Å². The largest absolute Gasteiger partial charge is 0.508 e. The molecule has 20 heavy (non-hydrogen) atoms. The van der Waals surface area contributed by atoms with E-state index in [0.29, 0.717) is 5.75 Å². The molecule has 4 heteroatoms. The Labute approximate surface area is 118 Å². The molecule has 0 saturated carbocycles. The second kappa shape index (κ2) is 4.96. The molecule has 1 atom stereocenters. The molecule has 0 fully saturated rings. The topological polar surface area (TPSA) is 48.7 Å². The number of likely N-dealkylation sites (N-methyl/N-ethyl adjacent to an activating group) is 1. The molecule has 2 aromatic rings. The minimum atomic E-state index is -0.0991. The van der Waals surface area contributed by atoms with Gasteiger partial charge in [-0.05, 0) is 35.4 Å². The van der Waals surface area contributed by atoms with Gasteiger partial charge < -0.3 is 10.0 Å². The van der Waals surface area contributed by atoms with E-state index in [2.05, 4.69) is 4.98 Å². The smallest absolute Gasteiger partial charge is 0.119 e. The van der Waals surface area contributed by atoms with Crippen LogP contribution in [0.4, 0.5) is 0 Å². The van der Waals surface area contributed by atoms with Gasteiger partial charge in [-0.25, -0.2) is 0 Å². The maximum atomic E-state index is 9.70. The quantitative estimate of drug-likeness (QED) is 0.863. The fourth-order valence-electron chi connectivity index (χ4n) is 2.48. The van der Waals surface area contributed by atoms with Gasteiger partial charge in [0.15, 0.2) is 0 Å². The van der Waals surface area contributed by atoms with Crippen LogP contribution in [0.25, 0.3) is 0 Å². The lowest BCUT2D eigenvalue weighted by Gasteiger charge is -2.27. The predicted molar refractivity (Wildman–Crippen MR) is 79.0 cm³/mol. The van der Waals surface area contributed by atoms with Gasteiger partial charge in [-0.3, -0.25) is 9.98 Å². The summed E-state index contributed by atoms with van der Waals surface area (Å²) in [6, 6.07) is 11.2. The number of aromatic hydroxyl groups is 1. The molecule has 2 heterocycles. The highest BCUT2D eigenvalue weighted by Crippen LogP contribution is 2.33. The van der Waals surface area contributed by atoms with Crippen molar-refractivity contribution in [2.24, 2.45) is 4.99 Å². The highest BCUT2D eigenvalue weighted by atomic mass is 16.3. The first-order chi connectivity index (χ1) is 9.65. The van der Waals surface area contributed by atoms with Gasteiger partial charge in [-0.1, -0.05) is 12.1 Å². The lowest BCUT2D eigenvalue weighted by molar-refractivity contribution is 0.474. The van der Waals surface area contributed by atoms with E-state index >= 15 is 0 Å². The summed E-state index contributed by atoms with van der Waals surface area (Å²) in [6.07, 6.45) is 2.52. The first-order valence-electron chi connectivity index (χ1n) is 6.62. The zero-order valence-electron chi connectivity index (χ0n) is 11.6. The van der Waals surface area contributed by atoms with Crippen LogP contribution in [0.1, 0.15) is 22.9 Å². The molecule has 1 aromatic heterocycles. The van der Waals surface area contributed by atoms with Gasteiger partial charge in [-0.15, -0.1) is 0 Å². The third-order valence-electron chi connectivity index (χ3n) is 3.53. The van der Waals surface area contributed by atoms with Crippen LogP contribution in [-0.4, -0.2) is 34.9 Å². The number of phenolic OH excluding ortho intramolecular Hbond substituents is 1. The second-order valence-electron chi connectivity index (χ2n) is 5.16. The zero-order chi connectivity index (χ0) is 14.1. The summed E-state index contributed by atoms with van der Waals surface area (Å²) >= 11 is 0. The Morgan fingerprint density at radius 2 is 2.05 bits per heavy atom. The highest BCUT2D eigenvalue weighted by molar-refractivity contribution is 5.86. The molecule has 0 amide bonds. The van der Waals surface area contributed by atoms with Gasteiger partial charge in [0.2, 0.25) is 0 Å². The van der Waals surface area contributed by atoms with E-state index in [0.717, 1.165) is 29.1 Å². The Hall–Kier alpha value is -2.36. The van der Waals surface area contributed by atoms with Crippen LogP contribution in [0, 0.1) is 0 Å². The van der Waals surface area contributed by atoms with Crippen molar-refractivity contribution in [3.63, 3.8) is 0 Å². The highest BCUT2D eigenvalue weighted by Gasteiger charge is 2.24. The summed E-state index contributed by atoms with van der Waals surface area (Å²) in [5, 5.41) is 9.70. The summed E-state index contributed by atoms with van der Waals surface area (Å²) in [5.74, 6) is 1.29. The van der Waals surface area contributed by atoms with E-state index in [9.17, 15) is 5.11 Å². The molecule has 4 nitrogen and oxygen atoms in total. The van der Waals surface area contributed by atoms with Crippen molar-refractivity contribution in [1.82, 2.24) is 9.88 Å². The van der Waals surface area contributed by atoms with Gasteiger partial charge in [0.05, 0.1) is 5.69 Å². The van der Waals surface area contributed by atoms with Crippen LogP contribution in [0.5, 0.6) is 5.75 Å². The Morgan fingerprint density at radius 3 is 2.75 bits per heavy atom. The monoisotopic (exact) mass is 267 g/mol. The number of amidine groups is 1. The van der Waals surface area contributed by atoms with E-state index in [1.807, 2.05) is 49.3 Å². The second-order valence-corrected chi connectivity index (χ2v) is 5.16. The summed E-state index contributed by atoms with van der Waals surface area (Å²) < 4.78 is 0. The fourth-order valence-corrected chi connectivity index (χ4v) is 2.48. The molecule has 3 rings (SSSR count). The van der Waals surface area contributed by atoms with Crippen molar-refractivity contribution in [2.45, 2.75) is 12.5 Å². The van der Waals surface area contributed by atoms with E-state index in [1.54, 1.807) is 12.3 Å². The van der Waals surface area contributed by atoms with E-state index < -0.39 is 0 Å². The first kappa shape index (κ1) is 12.7. The molecule has 102 valence electrons. The number of phenols is 1. The number of hydrogen-bond donors (Lipinski definition) is 1. The van der Waals surface area contributed by atoms with Gasteiger partial charge >= 0.3 is 0 Å². The van der Waals surface area contributed by atoms with Crippen molar-refractivity contribution in [1.29, 1.82) is 0 Å². The fraction of sp³-hybridized carbons (Fsp3) is 0.250. The molecule has 0 bridgehead atoms. The van der Waals surface area contributed by atoms with Gasteiger partial charge in [-0.2, -0.15) is 0 Å². The van der Waals surface area contributed by atoms with E-state index in [-0.39, 0.29) is 6.04 Å². The Morgan fingerprint density at radius 1 is 1.20 bits per heavy atom. The molecular formula is C16H17N3O. The van der Waals surface area contributed by atoms with Crippen molar-refractivity contribution >= 4 is 5.84 Å². The van der Waals surface area contributed by atoms with Crippen LogP contribution in [-0.2, 0) is 6.42 Å². The number of aromatic nitrogens is 1. The van der Waals surface area contributed by atoms with Crippen LogP contribution < -0.4 is 0 Å². The molecule has 0 aliphatic carbocycles. The van der Waals surface area contributed by atoms with E-state index in [4.69, 9.17) is 4.99 Å². The van der Waals surface area contributed by atoms with Crippen LogP contribution in [0.2, 0.25) is 0 Å². The number of fused-ring (bicyclic) bond motifs is 1. The molecule has 1 aromatic carbocycles. The number of hydrogen-bond acceptors (Lipinski definition) is 4. The third-order valence-corrected chi connectivity index (χ3v) is 3.53. The molecule has 0 spiro atoms. The molecule has 0 saturated heterocycles. The number of benzene rings is 1. The molecule has 0 radical (unpaired) electrons. The lowest BCUT2D eigenvalue weighted by atomic mass is 9.92.